The maximum Gasteiger partial charge on any atom is 0.415 e. The van der Waals surface area contributed by atoms with Crippen molar-refractivity contribution in [2.24, 2.45) is 5.92 Å². The van der Waals surface area contributed by atoms with E-state index in [0.29, 0.717) is 0 Å². The summed E-state index contributed by atoms with van der Waals surface area (Å²) in [6.07, 6.45) is 0.596. The van der Waals surface area contributed by atoms with Crippen LogP contribution >= 0.6 is 0 Å². The number of aromatic hydroxyl groups is 1. The molecule has 1 aliphatic rings. The second-order valence-corrected chi connectivity index (χ2v) is 10.1. The molecule has 10 nitrogen and oxygen atoms in total. The summed E-state index contributed by atoms with van der Waals surface area (Å²) < 4.78 is 10.9. The van der Waals surface area contributed by atoms with Gasteiger partial charge in [-0.25, -0.2) is 9.59 Å². The van der Waals surface area contributed by atoms with E-state index in [2.05, 4.69) is 0 Å². The maximum absolute atomic E-state index is 13.1. The lowest BCUT2D eigenvalue weighted by Crippen LogP contribution is -2.39. The number of cyclic esters (lactones) is 1. The molecule has 3 N–H and O–H groups in total. The van der Waals surface area contributed by atoms with Gasteiger partial charge in [0.05, 0.1) is 18.3 Å². The first-order chi connectivity index (χ1) is 17.1. The number of benzene rings is 1. The summed E-state index contributed by atoms with van der Waals surface area (Å²) in [4.78, 5) is 51.1. The molecule has 10 heteroatoms. The van der Waals surface area contributed by atoms with Crippen molar-refractivity contribution in [3.63, 3.8) is 0 Å². The Hall–Kier alpha value is -3.50. The lowest BCUT2D eigenvalue weighted by Gasteiger charge is -2.27. The Morgan fingerprint density at radius 3 is 2.38 bits per heavy atom. The first kappa shape index (κ1) is 29.7. The van der Waals surface area contributed by atoms with Crippen LogP contribution in [-0.4, -0.2) is 69.4 Å². The number of carbonyl (C=O) groups excluding carboxylic acids is 4. The van der Waals surface area contributed by atoms with Crippen molar-refractivity contribution in [2.45, 2.75) is 71.9 Å². The SMILES string of the molecule is CC(=O)CN(C(=O)OC(C)(C)C)c1cc(O)c2c(c1)/C=C/C[C@H](O)[C@H](O)C(=O)/C=C\[C@@H](C)[C@H](C)OC2=O. The second-order valence-electron chi connectivity index (χ2n) is 10.1. The van der Waals surface area contributed by atoms with Crippen LogP contribution in [0.3, 0.4) is 0 Å². The minimum Gasteiger partial charge on any atom is -0.507 e. The van der Waals surface area contributed by atoms with Crippen LogP contribution in [0.2, 0.25) is 0 Å². The third kappa shape index (κ3) is 8.26. The van der Waals surface area contributed by atoms with Crippen molar-refractivity contribution >= 4 is 35.4 Å². The number of amides is 1. The van der Waals surface area contributed by atoms with Gasteiger partial charge in [-0.3, -0.25) is 14.5 Å². The molecule has 1 aromatic rings. The van der Waals surface area contributed by atoms with Crippen LogP contribution in [0, 0.1) is 5.92 Å². The summed E-state index contributed by atoms with van der Waals surface area (Å²) in [6.45, 7) is 9.23. The molecule has 0 radical (unpaired) electrons. The van der Waals surface area contributed by atoms with Crippen molar-refractivity contribution in [1.82, 2.24) is 0 Å². The Morgan fingerprint density at radius 1 is 1.14 bits per heavy atom. The fourth-order valence-electron chi connectivity index (χ4n) is 3.43. The van der Waals surface area contributed by atoms with Gasteiger partial charge in [-0.1, -0.05) is 25.2 Å². The third-order valence-electron chi connectivity index (χ3n) is 5.57. The average Bonchev–Trinajstić information content (AvgIpc) is 2.77. The zero-order valence-electron chi connectivity index (χ0n) is 21.9. The van der Waals surface area contributed by atoms with Crippen molar-refractivity contribution in [1.29, 1.82) is 0 Å². The van der Waals surface area contributed by atoms with Gasteiger partial charge in [0.25, 0.3) is 0 Å². The summed E-state index contributed by atoms with van der Waals surface area (Å²) in [5.41, 5.74) is -0.850. The molecule has 1 aromatic carbocycles. The zero-order valence-corrected chi connectivity index (χ0v) is 21.9. The number of hydrogen-bond donors (Lipinski definition) is 3. The van der Waals surface area contributed by atoms with Gasteiger partial charge in [0.1, 0.15) is 34.9 Å². The molecule has 1 heterocycles. The molecular weight excluding hydrogens is 482 g/mol. The van der Waals surface area contributed by atoms with Crippen LogP contribution in [0.1, 0.15) is 63.9 Å². The number of phenols is 1. The number of rotatable bonds is 3. The van der Waals surface area contributed by atoms with E-state index in [1.54, 1.807) is 34.6 Å². The Balaban J connectivity index is 2.63. The van der Waals surface area contributed by atoms with Crippen molar-refractivity contribution < 1.29 is 44.0 Å². The van der Waals surface area contributed by atoms with Crippen LogP contribution < -0.4 is 4.90 Å². The molecule has 1 aliphatic heterocycles. The van der Waals surface area contributed by atoms with Crippen molar-refractivity contribution in [3.8, 4) is 5.75 Å². The van der Waals surface area contributed by atoms with E-state index >= 15 is 0 Å². The number of phenolic OH excluding ortho intramolecular Hbond substituents is 1. The number of aliphatic hydroxyl groups is 2. The molecule has 0 fully saturated rings. The molecule has 1 amide bonds. The Bertz CT molecular complexity index is 1100. The smallest absolute Gasteiger partial charge is 0.415 e. The number of nitrogens with zero attached hydrogens (tertiary/aromatic N) is 1. The van der Waals surface area contributed by atoms with E-state index in [9.17, 15) is 34.5 Å². The van der Waals surface area contributed by atoms with E-state index in [4.69, 9.17) is 9.47 Å². The highest BCUT2D eigenvalue weighted by molar-refractivity contribution is 6.00. The fraction of sp³-hybridized carbons (Fsp3) is 0.481. The highest BCUT2D eigenvalue weighted by atomic mass is 16.6. The Kier molecular flexibility index (Phi) is 9.77. The van der Waals surface area contributed by atoms with Crippen LogP contribution in [0.25, 0.3) is 6.08 Å². The second kappa shape index (κ2) is 12.2. The molecule has 0 saturated heterocycles. The highest BCUT2D eigenvalue weighted by Gasteiger charge is 2.29. The first-order valence-corrected chi connectivity index (χ1v) is 11.9. The van der Waals surface area contributed by atoms with E-state index < -0.39 is 53.4 Å². The van der Waals surface area contributed by atoms with Crippen LogP contribution in [0.5, 0.6) is 5.75 Å². The average molecular weight is 518 g/mol. The number of aliphatic hydroxyl groups excluding tert-OH is 2. The summed E-state index contributed by atoms with van der Waals surface area (Å²) >= 11 is 0. The standard InChI is InChI=1S/C27H35NO9/c1-15-10-11-21(31)24(33)20(30)9-7-8-18-12-19(13-22(32)23(18)25(34)36-17(15)3)28(14-16(2)29)26(35)37-27(4,5)6/h7-8,10-13,15,17,20,24,30,32-33H,9,14H2,1-6H3/b8-7+,11-10-/t15-,17+,20+,24+/m1/s1. The summed E-state index contributed by atoms with van der Waals surface area (Å²) in [5, 5.41) is 31.2. The van der Waals surface area contributed by atoms with E-state index in [0.717, 1.165) is 17.0 Å². The Labute approximate surface area is 216 Å². The predicted octanol–water partition coefficient (Wildman–Crippen LogP) is 3.17. The maximum atomic E-state index is 13.1. The molecule has 202 valence electrons. The number of carbonyl (C=O) groups is 4. The normalized spacial score (nSPS) is 24.8. The summed E-state index contributed by atoms with van der Waals surface area (Å²) in [6, 6.07) is 2.56. The molecule has 0 bridgehead atoms. The minimum absolute atomic E-state index is 0.0828. The molecular formula is C27H35NO9. The fourth-order valence-corrected chi connectivity index (χ4v) is 3.43. The molecule has 0 saturated carbocycles. The lowest BCUT2D eigenvalue weighted by molar-refractivity contribution is -0.127. The van der Waals surface area contributed by atoms with Gasteiger partial charge in [0.2, 0.25) is 0 Å². The van der Waals surface area contributed by atoms with Gasteiger partial charge in [0.15, 0.2) is 5.78 Å². The summed E-state index contributed by atoms with van der Waals surface area (Å²) in [7, 11) is 0. The molecule has 0 aromatic heterocycles. The highest BCUT2D eigenvalue weighted by Crippen LogP contribution is 2.32. The number of ether oxygens (including phenoxy) is 2. The van der Waals surface area contributed by atoms with Crippen LogP contribution in [0.15, 0.2) is 30.4 Å². The third-order valence-corrected chi connectivity index (χ3v) is 5.57. The quantitative estimate of drug-likeness (QED) is 0.514. The van der Waals surface area contributed by atoms with Crippen molar-refractivity contribution in [3.05, 3.63) is 41.5 Å². The number of ketones is 2. The monoisotopic (exact) mass is 517 g/mol. The zero-order chi connectivity index (χ0) is 28.1. The number of fused-ring (bicyclic) bond motifs is 1. The van der Waals surface area contributed by atoms with Gasteiger partial charge in [0, 0.05) is 12.0 Å². The molecule has 0 aliphatic carbocycles. The largest absolute Gasteiger partial charge is 0.507 e. The molecule has 2 rings (SSSR count). The van der Waals surface area contributed by atoms with E-state index in [1.165, 1.54) is 31.2 Å². The number of Topliss-reactive ketones (excluding diaryl/α,β-unsaturated/α-hetero) is 1. The minimum atomic E-state index is -1.66. The van der Waals surface area contributed by atoms with Gasteiger partial charge < -0.3 is 24.8 Å². The molecule has 4 atom stereocenters. The molecule has 0 spiro atoms. The van der Waals surface area contributed by atoms with Gasteiger partial charge >= 0.3 is 12.1 Å². The predicted molar refractivity (Wildman–Crippen MR) is 136 cm³/mol. The molecule has 37 heavy (non-hydrogen) atoms. The number of esters is 1. The van der Waals surface area contributed by atoms with Gasteiger partial charge in [-0.2, -0.15) is 0 Å². The van der Waals surface area contributed by atoms with Crippen molar-refractivity contribution in [2.75, 3.05) is 11.4 Å². The number of anilines is 1. The first-order valence-electron chi connectivity index (χ1n) is 11.9. The summed E-state index contributed by atoms with van der Waals surface area (Å²) in [5.74, 6) is -2.83. The van der Waals surface area contributed by atoms with Gasteiger partial charge in [-0.05, 0) is 58.7 Å². The number of hydrogen-bond acceptors (Lipinski definition) is 9. The lowest BCUT2D eigenvalue weighted by atomic mass is 9.99. The van der Waals surface area contributed by atoms with Crippen LogP contribution in [0.4, 0.5) is 10.5 Å². The Morgan fingerprint density at radius 2 is 1.78 bits per heavy atom. The topological polar surface area (TPSA) is 151 Å². The van der Waals surface area contributed by atoms with E-state index in [-0.39, 0.29) is 35.6 Å². The van der Waals surface area contributed by atoms with Crippen LogP contribution in [-0.2, 0) is 19.1 Å². The molecule has 0 unspecified atom stereocenters. The van der Waals surface area contributed by atoms with E-state index in [1.807, 2.05) is 0 Å². The van der Waals surface area contributed by atoms with Gasteiger partial charge in [-0.15, -0.1) is 0 Å².